The number of thioether (sulfide) groups is 1. The Morgan fingerprint density at radius 2 is 1.79 bits per heavy atom. The summed E-state index contributed by atoms with van der Waals surface area (Å²) in [6.45, 7) is 5.08. The van der Waals surface area contributed by atoms with Gasteiger partial charge in [-0.05, 0) is 72.6 Å². The van der Waals surface area contributed by atoms with Crippen LogP contribution in [-0.4, -0.2) is 57.8 Å². The first-order valence-electron chi connectivity index (χ1n) is 15.4. The van der Waals surface area contributed by atoms with Crippen molar-refractivity contribution < 1.29 is 27.4 Å². The fraction of sp³-hybridized carbons (Fsp3) is 0.353. The SMILES string of the molecule is COc1ccc(C(C)C)c(N2CCS/C2=N\C(=O)NC2CCC(c3ccc(-c4ncn(-c5ccc(OC(F)(F)F)cc5)n4)cc3)C2)c1. The molecule has 2 amide bonds. The van der Waals surface area contributed by atoms with Crippen LogP contribution < -0.4 is 19.7 Å². The summed E-state index contributed by atoms with van der Waals surface area (Å²) in [5.74, 6) is 2.43. The Balaban J connectivity index is 1.06. The van der Waals surface area contributed by atoms with Crippen molar-refractivity contribution in [2.75, 3.05) is 24.3 Å². The summed E-state index contributed by atoms with van der Waals surface area (Å²) in [4.78, 5) is 24.0. The largest absolute Gasteiger partial charge is 0.573 e. The molecule has 0 spiro atoms. The van der Waals surface area contributed by atoms with Crippen LogP contribution in [0.15, 0.2) is 78.0 Å². The molecule has 1 aliphatic heterocycles. The number of aromatic nitrogens is 3. The number of urea groups is 1. The van der Waals surface area contributed by atoms with Crippen molar-refractivity contribution in [3.05, 3.63) is 84.2 Å². The minimum Gasteiger partial charge on any atom is -0.497 e. The standard InChI is InChI=1S/C34H35F3N6O3S/c1-21(2)29-15-14-28(45-3)19-30(29)42-16-17-47-33(42)40-32(44)39-25-9-8-24(18-25)22-4-6-23(7-5-22)31-38-20-43(41-31)26-10-12-27(13-11-26)46-34(35,36)37/h4-7,10-15,19-21,24-25H,8-9,16-18H2,1-3H3,(H,39,44)/b40-33-. The molecule has 3 aromatic carbocycles. The van der Waals surface area contributed by atoms with E-state index in [1.165, 1.54) is 46.4 Å². The molecule has 6 rings (SSSR count). The highest BCUT2D eigenvalue weighted by molar-refractivity contribution is 8.14. The summed E-state index contributed by atoms with van der Waals surface area (Å²) in [5.41, 5.74) is 4.75. The Kier molecular flexibility index (Phi) is 9.44. The van der Waals surface area contributed by atoms with Gasteiger partial charge in [0.2, 0.25) is 0 Å². The van der Waals surface area contributed by atoms with Crippen molar-refractivity contribution in [3.8, 4) is 28.6 Å². The van der Waals surface area contributed by atoms with Crippen LogP contribution in [0.25, 0.3) is 17.1 Å². The summed E-state index contributed by atoms with van der Waals surface area (Å²) < 4.78 is 48.3. The van der Waals surface area contributed by atoms with Gasteiger partial charge < -0.3 is 19.7 Å². The van der Waals surface area contributed by atoms with Crippen LogP contribution in [0.1, 0.15) is 56.1 Å². The zero-order valence-electron chi connectivity index (χ0n) is 26.2. The van der Waals surface area contributed by atoms with Crippen molar-refractivity contribution in [2.45, 2.75) is 57.3 Å². The highest BCUT2D eigenvalue weighted by Crippen LogP contribution is 2.37. The number of halogens is 3. The summed E-state index contributed by atoms with van der Waals surface area (Å²) >= 11 is 1.58. The second-order valence-corrected chi connectivity index (χ2v) is 12.9. The smallest absolute Gasteiger partial charge is 0.497 e. The number of hydrogen-bond donors (Lipinski definition) is 1. The highest BCUT2D eigenvalue weighted by Gasteiger charge is 2.31. The Bertz CT molecular complexity index is 1740. The number of carbonyl (C=O) groups excluding carboxylic acids is 1. The van der Waals surface area contributed by atoms with Gasteiger partial charge in [0, 0.05) is 35.7 Å². The van der Waals surface area contributed by atoms with Gasteiger partial charge in [0.25, 0.3) is 0 Å². The van der Waals surface area contributed by atoms with Crippen LogP contribution in [-0.2, 0) is 0 Å². The Morgan fingerprint density at radius 3 is 2.49 bits per heavy atom. The number of aliphatic imine (C=N–C) groups is 1. The molecule has 1 saturated heterocycles. The normalized spacial score (nSPS) is 19.0. The Morgan fingerprint density at radius 1 is 1.04 bits per heavy atom. The number of benzene rings is 3. The van der Waals surface area contributed by atoms with Gasteiger partial charge in [-0.1, -0.05) is 55.9 Å². The molecule has 0 bridgehead atoms. The summed E-state index contributed by atoms with van der Waals surface area (Å²) in [7, 11) is 1.65. The van der Waals surface area contributed by atoms with Gasteiger partial charge in [-0.2, -0.15) is 4.99 Å². The first-order chi connectivity index (χ1) is 22.6. The molecular weight excluding hydrogens is 629 g/mol. The van der Waals surface area contributed by atoms with Crippen LogP contribution in [0.3, 0.4) is 0 Å². The molecule has 13 heteroatoms. The minimum absolute atomic E-state index is 0.0321. The predicted molar refractivity (Wildman–Crippen MR) is 177 cm³/mol. The third-order valence-electron chi connectivity index (χ3n) is 8.35. The number of carbonyl (C=O) groups is 1. The Hall–Kier alpha value is -4.52. The molecular formula is C34H35F3N6O3S. The third-order valence-corrected chi connectivity index (χ3v) is 9.31. The molecule has 2 fully saturated rings. The molecule has 2 unspecified atom stereocenters. The van der Waals surface area contributed by atoms with Gasteiger partial charge in [-0.3, -0.25) is 0 Å². The summed E-state index contributed by atoms with van der Waals surface area (Å²) in [6, 6.07) is 19.2. The number of nitrogens with zero attached hydrogens (tertiary/aromatic N) is 5. The lowest BCUT2D eigenvalue weighted by Crippen LogP contribution is -2.33. The molecule has 2 heterocycles. The quantitative estimate of drug-likeness (QED) is 0.205. The number of methoxy groups -OCH3 is 1. The zero-order chi connectivity index (χ0) is 33.1. The van der Waals surface area contributed by atoms with E-state index in [9.17, 15) is 18.0 Å². The minimum atomic E-state index is -4.75. The van der Waals surface area contributed by atoms with Crippen molar-refractivity contribution in [1.29, 1.82) is 0 Å². The molecule has 1 saturated carbocycles. The van der Waals surface area contributed by atoms with E-state index in [0.717, 1.165) is 48.6 Å². The number of ether oxygens (including phenoxy) is 2. The first kappa shape index (κ1) is 32.4. The third kappa shape index (κ3) is 7.73. The van der Waals surface area contributed by atoms with Gasteiger partial charge in [0.05, 0.1) is 12.8 Å². The molecule has 2 atom stereocenters. The van der Waals surface area contributed by atoms with Crippen LogP contribution in [0.4, 0.5) is 23.7 Å². The van der Waals surface area contributed by atoms with Gasteiger partial charge in [-0.15, -0.1) is 18.3 Å². The van der Waals surface area contributed by atoms with E-state index >= 15 is 0 Å². The molecule has 1 N–H and O–H groups in total. The average Bonchev–Trinajstić information content (AvgIpc) is 3.82. The lowest BCUT2D eigenvalue weighted by atomic mass is 9.96. The van der Waals surface area contributed by atoms with Gasteiger partial charge >= 0.3 is 12.4 Å². The van der Waals surface area contributed by atoms with Crippen molar-refractivity contribution in [1.82, 2.24) is 20.1 Å². The summed E-state index contributed by atoms with van der Waals surface area (Å²) in [6.07, 6.45) is -0.596. The highest BCUT2D eigenvalue weighted by atomic mass is 32.2. The van der Waals surface area contributed by atoms with Crippen molar-refractivity contribution >= 4 is 28.6 Å². The second-order valence-electron chi connectivity index (χ2n) is 11.8. The van der Waals surface area contributed by atoms with E-state index < -0.39 is 6.36 Å². The van der Waals surface area contributed by atoms with Crippen LogP contribution in [0.2, 0.25) is 0 Å². The van der Waals surface area contributed by atoms with E-state index in [-0.39, 0.29) is 17.8 Å². The molecule has 246 valence electrons. The number of nitrogens with one attached hydrogen (secondary N) is 1. The number of amides is 2. The maximum absolute atomic E-state index is 13.1. The van der Waals surface area contributed by atoms with E-state index in [1.54, 1.807) is 18.9 Å². The van der Waals surface area contributed by atoms with E-state index in [2.05, 4.69) is 62.1 Å². The topological polar surface area (TPSA) is 93.9 Å². The lowest BCUT2D eigenvalue weighted by Gasteiger charge is -2.24. The predicted octanol–water partition coefficient (Wildman–Crippen LogP) is 7.92. The van der Waals surface area contributed by atoms with Gasteiger partial charge in [0.1, 0.15) is 17.8 Å². The maximum atomic E-state index is 13.1. The lowest BCUT2D eigenvalue weighted by molar-refractivity contribution is -0.274. The fourth-order valence-corrected chi connectivity index (χ4v) is 6.97. The molecule has 4 aromatic rings. The van der Waals surface area contributed by atoms with E-state index in [4.69, 9.17) is 4.74 Å². The second kappa shape index (κ2) is 13.7. The van der Waals surface area contributed by atoms with Gasteiger partial charge in [0.15, 0.2) is 11.0 Å². The van der Waals surface area contributed by atoms with Crippen molar-refractivity contribution in [3.63, 3.8) is 0 Å². The molecule has 0 radical (unpaired) electrons. The molecule has 47 heavy (non-hydrogen) atoms. The van der Waals surface area contributed by atoms with Gasteiger partial charge in [-0.25, -0.2) is 14.5 Å². The Labute approximate surface area is 275 Å². The zero-order valence-corrected chi connectivity index (χ0v) is 27.0. The van der Waals surface area contributed by atoms with E-state index in [0.29, 0.717) is 28.5 Å². The van der Waals surface area contributed by atoms with Crippen molar-refractivity contribution in [2.24, 2.45) is 4.99 Å². The molecule has 1 aromatic heterocycles. The monoisotopic (exact) mass is 664 g/mol. The maximum Gasteiger partial charge on any atom is 0.573 e. The number of hydrogen-bond acceptors (Lipinski definition) is 6. The van der Waals surface area contributed by atoms with Crippen LogP contribution in [0, 0.1) is 0 Å². The molecule has 1 aliphatic carbocycles. The average molecular weight is 665 g/mol. The van der Waals surface area contributed by atoms with E-state index in [1.807, 2.05) is 24.3 Å². The summed E-state index contributed by atoms with van der Waals surface area (Å²) in [5, 5.41) is 8.32. The van der Waals surface area contributed by atoms with Crippen LogP contribution >= 0.6 is 11.8 Å². The first-order valence-corrected chi connectivity index (χ1v) is 16.4. The van der Waals surface area contributed by atoms with Crippen LogP contribution in [0.5, 0.6) is 11.5 Å². The number of rotatable bonds is 8. The number of alkyl halides is 3. The number of amidine groups is 1. The molecule has 9 nitrogen and oxygen atoms in total. The molecule has 2 aliphatic rings. The fourth-order valence-electron chi connectivity index (χ4n) is 6.02. The number of anilines is 1.